The predicted molar refractivity (Wildman–Crippen MR) is 121 cm³/mol. The van der Waals surface area contributed by atoms with Crippen LogP contribution < -0.4 is 10.2 Å². The van der Waals surface area contributed by atoms with Crippen molar-refractivity contribution >= 4 is 16.9 Å². The first-order valence-electron chi connectivity index (χ1n) is 11.5. The molecule has 1 saturated heterocycles. The maximum absolute atomic E-state index is 5.04. The molecule has 1 aliphatic carbocycles. The SMILES string of the molecule is c1cc(-c2ccc3c(c2)nc2n3CCN(C3CCC3)CC2)nc(N2CCNCC2)c1. The number of nitrogens with zero attached hydrogens (tertiary/aromatic N) is 5. The Morgan fingerprint density at radius 3 is 2.63 bits per heavy atom. The second-order valence-electron chi connectivity index (χ2n) is 8.87. The Bertz CT molecular complexity index is 1050. The first-order valence-corrected chi connectivity index (χ1v) is 11.5. The van der Waals surface area contributed by atoms with Gasteiger partial charge in [-0.1, -0.05) is 18.6 Å². The van der Waals surface area contributed by atoms with E-state index >= 15 is 0 Å². The van der Waals surface area contributed by atoms with E-state index in [-0.39, 0.29) is 0 Å². The highest BCUT2D eigenvalue weighted by molar-refractivity contribution is 5.82. The van der Waals surface area contributed by atoms with E-state index in [1.165, 1.54) is 30.6 Å². The van der Waals surface area contributed by atoms with Crippen LogP contribution in [0.2, 0.25) is 0 Å². The fraction of sp³-hybridized carbons (Fsp3) is 0.500. The molecule has 0 bridgehead atoms. The highest BCUT2D eigenvalue weighted by Gasteiger charge is 2.27. The van der Waals surface area contributed by atoms with Crippen molar-refractivity contribution in [3.63, 3.8) is 0 Å². The molecule has 1 saturated carbocycles. The van der Waals surface area contributed by atoms with E-state index in [4.69, 9.17) is 9.97 Å². The van der Waals surface area contributed by atoms with Crippen LogP contribution in [0.5, 0.6) is 0 Å². The fourth-order valence-electron chi connectivity index (χ4n) is 5.13. The third-order valence-electron chi connectivity index (χ3n) is 7.12. The van der Waals surface area contributed by atoms with Crippen molar-refractivity contribution in [2.45, 2.75) is 38.3 Å². The number of benzene rings is 1. The maximum Gasteiger partial charge on any atom is 0.129 e. The summed E-state index contributed by atoms with van der Waals surface area (Å²) >= 11 is 0. The number of hydrogen-bond donors (Lipinski definition) is 1. The summed E-state index contributed by atoms with van der Waals surface area (Å²) in [5.41, 5.74) is 4.56. The molecule has 2 aromatic heterocycles. The molecule has 156 valence electrons. The molecule has 0 unspecified atom stereocenters. The molecule has 0 radical (unpaired) electrons. The lowest BCUT2D eigenvalue weighted by molar-refractivity contribution is 0.130. The second kappa shape index (κ2) is 7.67. The van der Waals surface area contributed by atoms with Gasteiger partial charge in [-0.25, -0.2) is 9.97 Å². The molecule has 6 nitrogen and oxygen atoms in total. The minimum Gasteiger partial charge on any atom is -0.354 e. The van der Waals surface area contributed by atoms with E-state index < -0.39 is 0 Å². The summed E-state index contributed by atoms with van der Waals surface area (Å²) in [5.74, 6) is 2.32. The van der Waals surface area contributed by atoms with Crippen LogP contribution in [0, 0.1) is 0 Å². The number of rotatable bonds is 3. The number of imidazole rings is 1. The van der Waals surface area contributed by atoms with Crippen LogP contribution in [-0.4, -0.2) is 64.7 Å². The Labute approximate surface area is 177 Å². The number of pyridine rings is 1. The summed E-state index contributed by atoms with van der Waals surface area (Å²) in [6.07, 6.45) is 5.22. The zero-order valence-electron chi connectivity index (χ0n) is 17.6. The molecule has 0 atom stereocenters. The van der Waals surface area contributed by atoms with Crippen LogP contribution in [0.4, 0.5) is 5.82 Å². The third kappa shape index (κ3) is 3.28. The van der Waals surface area contributed by atoms with Crippen molar-refractivity contribution in [1.82, 2.24) is 24.8 Å². The molecule has 0 amide bonds. The van der Waals surface area contributed by atoms with Crippen molar-refractivity contribution < 1.29 is 0 Å². The van der Waals surface area contributed by atoms with Crippen molar-refractivity contribution in [1.29, 1.82) is 0 Å². The molecule has 1 aromatic carbocycles. The van der Waals surface area contributed by atoms with E-state index in [2.05, 4.69) is 56.1 Å². The minimum absolute atomic E-state index is 0.821. The smallest absolute Gasteiger partial charge is 0.129 e. The van der Waals surface area contributed by atoms with Gasteiger partial charge in [-0.2, -0.15) is 0 Å². The van der Waals surface area contributed by atoms with Gasteiger partial charge < -0.3 is 14.8 Å². The lowest BCUT2D eigenvalue weighted by atomic mass is 9.91. The van der Waals surface area contributed by atoms with Gasteiger partial charge in [0, 0.05) is 63.8 Å². The maximum atomic E-state index is 5.04. The Kier molecular flexibility index (Phi) is 4.69. The monoisotopic (exact) mass is 402 g/mol. The van der Waals surface area contributed by atoms with Gasteiger partial charge in [0.25, 0.3) is 0 Å². The van der Waals surface area contributed by atoms with Crippen LogP contribution in [0.25, 0.3) is 22.3 Å². The number of fused-ring (bicyclic) bond motifs is 3. The van der Waals surface area contributed by atoms with Gasteiger partial charge in [-0.05, 0) is 37.1 Å². The van der Waals surface area contributed by atoms with E-state index in [0.717, 1.165) is 80.9 Å². The van der Waals surface area contributed by atoms with Gasteiger partial charge in [0.05, 0.1) is 16.7 Å². The van der Waals surface area contributed by atoms with Gasteiger partial charge >= 0.3 is 0 Å². The second-order valence-corrected chi connectivity index (χ2v) is 8.87. The first-order chi connectivity index (χ1) is 14.8. The molecule has 2 aliphatic heterocycles. The van der Waals surface area contributed by atoms with E-state index in [1.54, 1.807) is 0 Å². The van der Waals surface area contributed by atoms with Crippen LogP contribution in [0.3, 0.4) is 0 Å². The average molecular weight is 403 g/mol. The lowest BCUT2D eigenvalue weighted by Gasteiger charge is -2.36. The number of hydrogen-bond acceptors (Lipinski definition) is 5. The zero-order valence-corrected chi connectivity index (χ0v) is 17.6. The lowest BCUT2D eigenvalue weighted by Crippen LogP contribution is -2.43. The molecule has 1 N–H and O–H groups in total. The molecule has 6 rings (SSSR count). The molecule has 4 heterocycles. The Hall–Kier alpha value is -2.44. The van der Waals surface area contributed by atoms with Gasteiger partial charge in [-0.3, -0.25) is 4.90 Å². The normalized spacial score (nSPS) is 20.7. The standard InChI is InChI=1S/C24H30N6/c1-3-19(4-1)28-12-9-24-27-21-17-18(7-8-22(21)30(24)16-15-28)20-5-2-6-23(26-20)29-13-10-25-11-14-29/h2,5-8,17,19,25H,1,3-4,9-16H2. The van der Waals surface area contributed by atoms with Gasteiger partial charge in [0.15, 0.2) is 0 Å². The van der Waals surface area contributed by atoms with E-state index in [1.807, 2.05) is 0 Å². The molecule has 3 aromatic rings. The van der Waals surface area contributed by atoms with Crippen LogP contribution in [-0.2, 0) is 13.0 Å². The Morgan fingerprint density at radius 1 is 0.900 bits per heavy atom. The fourth-order valence-corrected chi connectivity index (χ4v) is 5.13. The first kappa shape index (κ1) is 18.3. The highest BCUT2D eigenvalue weighted by atomic mass is 15.2. The van der Waals surface area contributed by atoms with Gasteiger partial charge in [0.2, 0.25) is 0 Å². The van der Waals surface area contributed by atoms with E-state index in [9.17, 15) is 0 Å². The van der Waals surface area contributed by atoms with Crippen molar-refractivity contribution in [2.24, 2.45) is 0 Å². The number of aromatic nitrogens is 3. The number of anilines is 1. The van der Waals surface area contributed by atoms with Gasteiger partial charge in [0.1, 0.15) is 11.6 Å². The number of nitrogens with one attached hydrogen (secondary N) is 1. The summed E-state index contributed by atoms with van der Waals surface area (Å²) < 4.78 is 2.45. The Balaban J connectivity index is 1.28. The van der Waals surface area contributed by atoms with Crippen molar-refractivity contribution in [2.75, 3.05) is 44.2 Å². The predicted octanol–water partition coefficient (Wildman–Crippen LogP) is 2.92. The summed E-state index contributed by atoms with van der Waals surface area (Å²) in [7, 11) is 0. The van der Waals surface area contributed by atoms with Crippen LogP contribution >= 0.6 is 0 Å². The topological polar surface area (TPSA) is 49.2 Å². The average Bonchev–Trinajstić information content (AvgIpc) is 2.99. The van der Waals surface area contributed by atoms with E-state index in [0.29, 0.717) is 0 Å². The summed E-state index contributed by atoms with van der Waals surface area (Å²) in [4.78, 5) is 15.1. The quantitative estimate of drug-likeness (QED) is 0.730. The summed E-state index contributed by atoms with van der Waals surface area (Å²) in [6.45, 7) is 7.43. The highest BCUT2D eigenvalue weighted by Crippen LogP contribution is 2.29. The molecule has 6 heteroatoms. The molecule has 0 spiro atoms. The largest absolute Gasteiger partial charge is 0.354 e. The molecule has 30 heavy (non-hydrogen) atoms. The number of piperazine rings is 1. The summed E-state index contributed by atoms with van der Waals surface area (Å²) in [6, 6.07) is 13.9. The third-order valence-corrected chi connectivity index (χ3v) is 7.12. The molecule has 3 aliphatic rings. The molecular weight excluding hydrogens is 372 g/mol. The zero-order chi connectivity index (χ0) is 19.9. The molecule has 2 fully saturated rings. The van der Waals surface area contributed by atoms with Crippen LogP contribution in [0.15, 0.2) is 36.4 Å². The minimum atomic E-state index is 0.821. The van der Waals surface area contributed by atoms with Crippen molar-refractivity contribution in [3.8, 4) is 11.3 Å². The van der Waals surface area contributed by atoms with Gasteiger partial charge in [-0.15, -0.1) is 0 Å². The molecular formula is C24H30N6. The Morgan fingerprint density at radius 2 is 1.80 bits per heavy atom. The van der Waals surface area contributed by atoms with Crippen molar-refractivity contribution in [3.05, 3.63) is 42.2 Å². The van der Waals surface area contributed by atoms with Crippen LogP contribution in [0.1, 0.15) is 25.1 Å². The summed E-state index contributed by atoms with van der Waals surface area (Å²) in [5, 5.41) is 3.41.